The van der Waals surface area contributed by atoms with Crippen molar-refractivity contribution in [1.29, 1.82) is 0 Å². The van der Waals surface area contributed by atoms with Crippen LogP contribution in [-0.2, 0) is 6.54 Å². The average molecular weight is 380 g/mol. The van der Waals surface area contributed by atoms with E-state index in [-0.39, 0.29) is 18.2 Å². The lowest BCUT2D eigenvalue weighted by atomic mass is 10.0. The van der Waals surface area contributed by atoms with E-state index in [0.29, 0.717) is 30.0 Å². The van der Waals surface area contributed by atoms with E-state index in [9.17, 15) is 14.3 Å². The van der Waals surface area contributed by atoms with Crippen LogP contribution in [0.25, 0.3) is 0 Å². The molecule has 0 unspecified atom stereocenters. The molecule has 0 saturated heterocycles. The summed E-state index contributed by atoms with van der Waals surface area (Å²) in [7, 11) is 0. The third kappa shape index (κ3) is 5.74. The van der Waals surface area contributed by atoms with E-state index < -0.39 is 6.10 Å². The van der Waals surface area contributed by atoms with Crippen LogP contribution >= 0.6 is 0 Å². The van der Waals surface area contributed by atoms with Crippen LogP contribution in [0.15, 0.2) is 78.9 Å². The van der Waals surface area contributed by atoms with Crippen molar-refractivity contribution in [3.05, 3.63) is 101 Å². The van der Waals surface area contributed by atoms with Crippen molar-refractivity contribution in [3.63, 3.8) is 0 Å². The number of aliphatic hydroxyl groups is 1. The summed E-state index contributed by atoms with van der Waals surface area (Å²) in [5, 5.41) is 12.0. The van der Waals surface area contributed by atoms with Crippen molar-refractivity contribution in [3.8, 4) is 5.75 Å². The SMILES string of the molecule is O=C(c1ccccc1)c1ccc(OC[C@H](O)C[NH2+]Cc2ccc(F)cc2)cc1. The monoisotopic (exact) mass is 380 g/mol. The highest BCUT2D eigenvalue weighted by Crippen LogP contribution is 2.15. The highest BCUT2D eigenvalue weighted by atomic mass is 19.1. The van der Waals surface area contributed by atoms with Gasteiger partial charge in [-0.1, -0.05) is 42.5 Å². The fraction of sp³-hybridized carbons (Fsp3) is 0.174. The van der Waals surface area contributed by atoms with Gasteiger partial charge in [-0.3, -0.25) is 4.79 Å². The van der Waals surface area contributed by atoms with E-state index >= 15 is 0 Å². The van der Waals surface area contributed by atoms with Gasteiger partial charge < -0.3 is 15.2 Å². The van der Waals surface area contributed by atoms with Crippen molar-refractivity contribution in [2.75, 3.05) is 13.2 Å². The van der Waals surface area contributed by atoms with Gasteiger partial charge in [0.2, 0.25) is 0 Å². The molecule has 0 spiro atoms. The first-order chi connectivity index (χ1) is 13.6. The van der Waals surface area contributed by atoms with Crippen LogP contribution in [0.3, 0.4) is 0 Å². The summed E-state index contributed by atoms with van der Waals surface area (Å²) >= 11 is 0. The Morgan fingerprint density at radius 1 is 0.929 bits per heavy atom. The zero-order valence-electron chi connectivity index (χ0n) is 15.4. The van der Waals surface area contributed by atoms with Crippen LogP contribution in [0, 0.1) is 5.82 Å². The van der Waals surface area contributed by atoms with Crippen molar-refractivity contribution in [1.82, 2.24) is 0 Å². The second-order valence-corrected chi connectivity index (χ2v) is 6.54. The largest absolute Gasteiger partial charge is 0.491 e. The molecule has 0 saturated carbocycles. The second kappa shape index (κ2) is 9.78. The number of benzene rings is 3. The van der Waals surface area contributed by atoms with Crippen molar-refractivity contribution in [2.45, 2.75) is 12.6 Å². The first-order valence-corrected chi connectivity index (χ1v) is 9.18. The van der Waals surface area contributed by atoms with E-state index in [1.807, 2.05) is 23.5 Å². The molecule has 3 aromatic rings. The summed E-state index contributed by atoms with van der Waals surface area (Å²) in [5.74, 6) is 0.304. The third-order valence-electron chi connectivity index (χ3n) is 4.33. The molecule has 0 aliphatic heterocycles. The zero-order valence-corrected chi connectivity index (χ0v) is 15.4. The van der Waals surface area contributed by atoms with E-state index in [1.54, 1.807) is 48.5 Å². The maximum absolute atomic E-state index is 12.9. The lowest BCUT2D eigenvalue weighted by Gasteiger charge is -2.12. The number of carbonyl (C=O) groups excluding carboxylic acids is 1. The second-order valence-electron chi connectivity index (χ2n) is 6.54. The molecule has 0 aromatic heterocycles. The molecule has 0 fully saturated rings. The van der Waals surface area contributed by atoms with Gasteiger partial charge >= 0.3 is 0 Å². The van der Waals surface area contributed by atoms with Gasteiger partial charge in [0.25, 0.3) is 0 Å². The quantitative estimate of drug-likeness (QED) is 0.561. The lowest BCUT2D eigenvalue weighted by molar-refractivity contribution is -0.676. The Morgan fingerprint density at radius 2 is 1.57 bits per heavy atom. The molecule has 0 amide bonds. The summed E-state index contributed by atoms with van der Waals surface area (Å²) in [6.45, 7) is 1.29. The van der Waals surface area contributed by atoms with Gasteiger partial charge in [-0.15, -0.1) is 0 Å². The molecule has 1 atom stereocenters. The van der Waals surface area contributed by atoms with Crippen LogP contribution in [0.1, 0.15) is 21.5 Å². The summed E-state index contributed by atoms with van der Waals surface area (Å²) < 4.78 is 18.5. The molecule has 0 bridgehead atoms. The lowest BCUT2D eigenvalue weighted by Crippen LogP contribution is -2.85. The minimum absolute atomic E-state index is 0.0393. The Balaban J connectivity index is 1.42. The Hall–Kier alpha value is -3.02. The van der Waals surface area contributed by atoms with Crippen LogP contribution < -0.4 is 10.1 Å². The molecule has 28 heavy (non-hydrogen) atoms. The smallest absolute Gasteiger partial charge is 0.193 e. The van der Waals surface area contributed by atoms with Gasteiger partial charge in [0.05, 0.1) is 0 Å². The van der Waals surface area contributed by atoms with Crippen LogP contribution in [0.2, 0.25) is 0 Å². The highest BCUT2D eigenvalue weighted by Gasteiger charge is 2.10. The minimum Gasteiger partial charge on any atom is -0.491 e. The van der Waals surface area contributed by atoms with Gasteiger partial charge in [0.1, 0.15) is 37.4 Å². The van der Waals surface area contributed by atoms with E-state index in [2.05, 4.69) is 0 Å². The number of aliphatic hydroxyl groups excluding tert-OH is 1. The maximum atomic E-state index is 12.9. The Morgan fingerprint density at radius 3 is 2.25 bits per heavy atom. The first kappa shape index (κ1) is 19.7. The molecule has 0 aliphatic carbocycles. The van der Waals surface area contributed by atoms with Crippen LogP contribution in [-0.4, -0.2) is 30.1 Å². The zero-order chi connectivity index (χ0) is 19.8. The number of rotatable bonds is 9. The van der Waals surface area contributed by atoms with Gasteiger partial charge in [-0.25, -0.2) is 4.39 Å². The Kier molecular flexibility index (Phi) is 6.89. The minimum atomic E-state index is -0.633. The Labute approximate surface area is 163 Å². The van der Waals surface area contributed by atoms with Gasteiger partial charge in [-0.2, -0.15) is 0 Å². The molecule has 3 rings (SSSR count). The number of hydrogen-bond acceptors (Lipinski definition) is 3. The number of hydrogen-bond donors (Lipinski definition) is 2. The molecular formula is C23H23FNO3+. The maximum Gasteiger partial charge on any atom is 0.193 e. The van der Waals surface area contributed by atoms with Gasteiger partial charge in [-0.05, 0) is 36.4 Å². The first-order valence-electron chi connectivity index (χ1n) is 9.18. The molecule has 3 aromatic carbocycles. The number of halogens is 1. The van der Waals surface area contributed by atoms with Crippen molar-refractivity contribution in [2.24, 2.45) is 0 Å². The van der Waals surface area contributed by atoms with Crippen LogP contribution in [0.5, 0.6) is 5.75 Å². The molecule has 0 aliphatic rings. The number of quaternary nitrogens is 1. The molecule has 0 radical (unpaired) electrons. The molecule has 144 valence electrons. The van der Waals surface area contributed by atoms with E-state index in [0.717, 1.165) is 5.56 Å². The van der Waals surface area contributed by atoms with Crippen molar-refractivity contribution >= 4 is 5.78 Å². The predicted molar refractivity (Wildman–Crippen MR) is 105 cm³/mol. The fourth-order valence-corrected chi connectivity index (χ4v) is 2.78. The van der Waals surface area contributed by atoms with Crippen LogP contribution in [0.4, 0.5) is 4.39 Å². The molecule has 0 heterocycles. The third-order valence-corrected chi connectivity index (χ3v) is 4.33. The summed E-state index contributed by atoms with van der Waals surface area (Å²) in [6.07, 6.45) is -0.633. The van der Waals surface area contributed by atoms with Crippen molar-refractivity contribution < 1.29 is 24.3 Å². The fourth-order valence-electron chi connectivity index (χ4n) is 2.78. The van der Waals surface area contributed by atoms with E-state index in [4.69, 9.17) is 4.74 Å². The molecule has 5 heteroatoms. The molecular weight excluding hydrogens is 357 g/mol. The summed E-state index contributed by atoms with van der Waals surface area (Å²) in [5.41, 5.74) is 2.23. The average Bonchev–Trinajstić information content (AvgIpc) is 2.74. The molecule has 3 N–H and O–H groups in total. The number of nitrogens with two attached hydrogens (primary N) is 1. The normalized spacial score (nSPS) is 11.8. The number of carbonyl (C=O) groups is 1. The standard InChI is InChI=1S/C23H22FNO3/c24-20-10-6-17(7-11-20)14-25-15-21(26)16-28-22-12-8-19(9-13-22)23(27)18-4-2-1-3-5-18/h1-13,21,25-26H,14-16H2/p+1/t21-/m1/s1. The number of ketones is 1. The van der Waals surface area contributed by atoms with Gasteiger partial charge in [0.15, 0.2) is 5.78 Å². The molecule has 4 nitrogen and oxygen atoms in total. The predicted octanol–water partition coefficient (Wildman–Crippen LogP) is 2.56. The Bertz CT molecular complexity index is 880. The topological polar surface area (TPSA) is 63.1 Å². The summed E-state index contributed by atoms with van der Waals surface area (Å²) in [6, 6.07) is 22.3. The van der Waals surface area contributed by atoms with E-state index in [1.165, 1.54) is 12.1 Å². The number of ether oxygens (including phenoxy) is 1. The highest BCUT2D eigenvalue weighted by molar-refractivity contribution is 6.08. The summed E-state index contributed by atoms with van der Waals surface area (Å²) in [4.78, 5) is 12.4. The van der Waals surface area contributed by atoms with Gasteiger partial charge in [0, 0.05) is 16.7 Å².